The van der Waals surface area contributed by atoms with Crippen molar-refractivity contribution < 1.29 is 13.6 Å². The van der Waals surface area contributed by atoms with Gasteiger partial charge in [0.1, 0.15) is 11.6 Å². The van der Waals surface area contributed by atoms with Crippen molar-refractivity contribution in [3.8, 4) is 0 Å². The first-order chi connectivity index (χ1) is 8.49. The van der Waals surface area contributed by atoms with Crippen molar-refractivity contribution in [3.63, 3.8) is 0 Å². The van der Waals surface area contributed by atoms with Crippen molar-refractivity contribution in [3.05, 3.63) is 34.4 Å². The molecule has 0 spiro atoms. The van der Waals surface area contributed by atoms with Crippen molar-refractivity contribution in [2.75, 3.05) is 13.1 Å². The van der Waals surface area contributed by atoms with Gasteiger partial charge in [-0.25, -0.2) is 8.78 Å². The van der Waals surface area contributed by atoms with Crippen molar-refractivity contribution in [1.29, 1.82) is 0 Å². The predicted octanol–water partition coefficient (Wildman–Crippen LogP) is 2.60. The van der Waals surface area contributed by atoms with E-state index in [1.165, 1.54) is 4.90 Å². The van der Waals surface area contributed by atoms with Crippen LogP contribution in [0.5, 0.6) is 0 Å². The second kappa shape index (κ2) is 6.50. The molecule has 0 aromatic heterocycles. The maximum absolute atomic E-state index is 13.6. The van der Waals surface area contributed by atoms with Crippen LogP contribution < -0.4 is 5.73 Å². The zero-order valence-corrected chi connectivity index (χ0v) is 11.6. The smallest absolute Gasteiger partial charge is 0.256 e. The van der Waals surface area contributed by atoms with E-state index < -0.39 is 17.5 Å². The number of hydrogen-bond donors (Lipinski definition) is 1. The lowest BCUT2D eigenvalue weighted by Crippen LogP contribution is -2.45. The zero-order valence-electron chi connectivity index (χ0n) is 10.0. The first kappa shape index (κ1) is 16.1. The molecule has 1 aromatic carbocycles. The van der Waals surface area contributed by atoms with Crippen LogP contribution in [-0.4, -0.2) is 29.9 Å². The van der Waals surface area contributed by atoms with E-state index in [0.717, 1.165) is 25.0 Å². The molecule has 1 saturated heterocycles. The molecule has 1 aliphatic heterocycles. The number of halogens is 4. The van der Waals surface area contributed by atoms with Crippen molar-refractivity contribution in [2.45, 2.75) is 18.9 Å². The largest absolute Gasteiger partial charge is 0.337 e. The fourth-order valence-corrected chi connectivity index (χ4v) is 2.20. The highest BCUT2D eigenvalue weighted by atomic mass is 35.5. The first-order valence-electron chi connectivity index (χ1n) is 5.68. The van der Waals surface area contributed by atoms with Gasteiger partial charge in [0.25, 0.3) is 5.91 Å². The van der Waals surface area contributed by atoms with E-state index in [4.69, 9.17) is 17.3 Å². The van der Waals surface area contributed by atoms with E-state index >= 15 is 0 Å². The summed E-state index contributed by atoms with van der Waals surface area (Å²) in [5.74, 6) is -2.16. The summed E-state index contributed by atoms with van der Waals surface area (Å²) < 4.78 is 26.9. The van der Waals surface area contributed by atoms with Crippen molar-refractivity contribution in [2.24, 2.45) is 5.73 Å². The fourth-order valence-electron chi connectivity index (χ4n) is 2.05. The molecule has 0 unspecified atom stereocenters. The molecule has 0 saturated carbocycles. The molecule has 19 heavy (non-hydrogen) atoms. The van der Waals surface area contributed by atoms with E-state index in [1.807, 2.05) is 0 Å². The van der Waals surface area contributed by atoms with E-state index in [-0.39, 0.29) is 29.0 Å². The summed E-state index contributed by atoms with van der Waals surface area (Å²) in [6.45, 7) is 0.874. The molecular weight excluding hydrogens is 297 g/mol. The standard InChI is InChI=1S/C12H13ClF2N2O.ClH/c13-9-5-10(14)8(4-11(9)15)12(18)17-3-1-2-7(16)6-17;/h4-5,7H,1-3,6,16H2;1H/t7-;/m1./s1. The highest BCUT2D eigenvalue weighted by molar-refractivity contribution is 6.30. The van der Waals surface area contributed by atoms with Crippen LogP contribution in [0.3, 0.4) is 0 Å². The van der Waals surface area contributed by atoms with Crippen LogP contribution in [0, 0.1) is 11.6 Å². The summed E-state index contributed by atoms with van der Waals surface area (Å²) in [7, 11) is 0. The lowest BCUT2D eigenvalue weighted by atomic mass is 10.1. The normalized spacial score (nSPS) is 18.9. The number of piperidine rings is 1. The number of nitrogens with two attached hydrogens (primary N) is 1. The average Bonchev–Trinajstić information content (AvgIpc) is 2.33. The summed E-state index contributed by atoms with van der Waals surface area (Å²) in [5, 5.41) is -0.334. The van der Waals surface area contributed by atoms with Crippen LogP contribution in [0.2, 0.25) is 5.02 Å². The van der Waals surface area contributed by atoms with Gasteiger partial charge in [-0.1, -0.05) is 11.6 Å². The quantitative estimate of drug-likeness (QED) is 0.810. The van der Waals surface area contributed by atoms with Crippen molar-refractivity contribution in [1.82, 2.24) is 4.90 Å². The third-order valence-electron chi connectivity index (χ3n) is 2.99. The Hall–Kier alpha value is -0.910. The second-order valence-corrected chi connectivity index (χ2v) is 4.81. The van der Waals surface area contributed by atoms with E-state index in [1.54, 1.807) is 0 Å². The number of benzene rings is 1. The first-order valence-corrected chi connectivity index (χ1v) is 6.06. The van der Waals surface area contributed by atoms with Gasteiger partial charge in [-0.2, -0.15) is 0 Å². The van der Waals surface area contributed by atoms with Gasteiger partial charge in [0.15, 0.2) is 0 Å². The Morgan fingerprint density at radius 2 is 2.05 bits per heavy atom. The third-order valence-corrected chi connectivity index (χ3v) is 3.28. The SMILES string of the molecule is Cl.N[C@@H]1CCCN(C(=O)c2cc(F)c(Cl)cc2F)C1. The summed E-state index contributed by atoms with van der Waals surface area (Å²) >= 11 is 5.44. The highest BCUT2D eigenvalue weighted by Crippen LogP contribution is 2.21. The minimum atomic E-state index is -0.814. The van der Waals surface area contributed by atoms with Gasteiger partial charge in [0.05, 0.1) is 10.6 Å². The van der Waals surface area contributed by atoms with Crippen molar-refractivity contribution >= 4 is 29.9 Å². The van der Waals surface area contributed by atoms with Gasteiger partial charge < -0.3 is 10.6 Å². The lowest BCUT2D eigenvalue weighted by molar-refractivity contribution is 0.0703. The minimum Gasteiger partial charge on any atom is -0.337 e. The number of hydrogen-bond acceptors (Lipinski definition) is 2. The molecule has 1 heterocycles. The molecule has 2 N–H and O–H groups in total. The van der Waals surface area contributed by atoms with E-state index in [9.17, 15) is 13.6 Å². The Bertz CT molecular complexity index is 485. The maximum Gasteiger partial charge on any atom is 0.256 e. The van der Waals surface area contributed by atoms with Crippen LogP contribution in [0.4, 0.5) is 8.78 Å². The number of rotatable bonds is 1. The molecule has 106 valence electrons. The van der Waals surface area contributed by atoms with Crippen LogP contribution in [0.1, 0.15) is 23.2 Å². The summed E-state index contributed by atoms with van der Waals surface area (Å²) in [5.41, 5.74) is 5.45. The van der Waals surface area contributed by atoms with E-state index in [2.05, 4.69) is 0 Å². The molecule has 1 atom stereocenters. The Labute approximate surface area is 121 Å². The van der Waals surface area contributed by atoms with Gasteiger partial charge in [0.2, 0.25) is 0 Å². The van der Waals surface area contributed by atoms with Crippen LogP contribution in [0.25, 0.3) is 0 Å². The summed E-state index contributed by atoms with van der Waals surface area (Å²) in [6.07, 6.45) is 1.60. The summed E-state index contributed by atoms with van der Waals surface area (Å²) in [6, 6.07) is 1.54. The molecule has 2 rings (SSSR count). The third kappa shape index (κ3) is 3.55. The molecule has 7 heteroatoms. The molecule has 0 radical (unpaired) electrons. The summed E-state index contributed by atoms with van der Waals surface area (Å²) in [4.78, 5) is 13.5. The molecule has 0 aliphatic carbocycles. The lowest BCUT2D eigenvalue weighted by Gasteiger charge is -2.30. The number of nitrogens with zero attached hydrogens (tertiary/aromatic N) is 1. The van der Waals surface area contributed by atoms with Crippen LogP contribution in [-0.2, 0) is 0 Å². The molecule has 1 fully saturated rings. The van der Waals surface area contributed by atoms with Gasteiger partial charge in [-0.15, -0.1) is 12.4 Å². The molecule has 0 bridgehead atoms. The number of carbonyl (C=O) groups is 1. The maximum atomic E-state index is 13.6. The molecular formula is C12H14Cl2F2N2O. The number of carbonyl (C=O) groups excluding carboxylic acids is 1. The minimum absolute atomic E-state index is 0. The Morgan fingerprint density at radius 1 is 1.37 bits per heavy atom. The van der Waals surface area contributed by atoms with Gasteiger partial charge >= 0.3 is 0 Å². The van der Waals surface area contributed by atoms with Gasteiger partial charge in [0, 0.05) is 19.1 Å². The Balaban J connectivity index is 0.00000180. The van der Waals surface area contributed by atoms with Crippen LogP contribution in [0.15, 0.2) is 12.1 Å². The Kier molecular flexibility index (Phi) is 5.52. The van der Waals surface area contributed by atoms with Crippen LogP contribution >= 0.6 is 24.0 Å². The molecule has 1 aliphatic rings. The Morgan fingerprint density at radius 3 is 2.68 bits per heavy atom. The fraction of sp³-hybridized carbons (Fsp3) is 0.417. The predicted molar refractivity (Wildman–Crippen MR) is 71.7 cm³/mol. The van der Waals surface area contributed by atoms with Gasteiger partial charge in [-0.3, -0.25) is 4.79 Å². The molecule has 3 nitrogen and oxygen atoms in total. The number of likely N-dealkylation sites (tertiary alicyclic amines) is 1. The second-order valence-electron chi connectivity index (χ2n) is 4.40. The van der Waals surface area contributed by atoms with Gasteiger partial charge in [-0.05, 0) is 25.0 Å². The monoisotopic (exact) mass is 310 g/mol. The molecule has 1 aromatic rings. The highest BCUT2D eigenvalue weighted by Gasteiger charge is 2.25. The topological polar surface area (TPSA) is 46.3 Å². The average molecular weight is 311 g/mol. The number of amides is 1. The molecule has 1 amide bonds. The van der Waals surface area contributed by atoms with E-state index in [0.29, 0.717) is 13.1 Å². The zero-order chi connectivity index (χ0) is 13.3.